The van der Waals surface area contributed by atoms with Crippen LogP contribution in [-0.4, -0.2) is 28.0 Å². The number of hydrogen-bond acceptors (Lipinski definition) is 6. The monoisotopic (exact) mass is 399 g/mol. The molecule has 0 aliphatic carbocycles. The van der Waals surface area contributed by atoms with Crippen molar-refractivity contribution < 1.29 is 14.3 Å². The number of amides is 1. The minimum Gasteiger partial charge on any atom is -0.462 e. The fraction of sp³-hybridized carbons (Fsp3) is 0.300. The van der Waals surface area contributed by atoms with Crippen molar-refractivity contribution in [1.82, 2.24) is 9.55 Å². The molecular weight excluding hydrogens is 378 g/mol. The highest BCUT2D eigenvalue weighted by atomic mass is 32.1. The minimum absolute atomic E-state index is 0.250. The summed E-state index contributed by atoms with van der Waals surface area (Å²) in [6.07, 6.45) is 1.34. The molecule has 1 amide bonds. The van der Waals surface area contributed by atoms with Gasteiger partial charge in [0.2, 0.25) is 5.91 Å². The molecule has 2 heterocycles. The predicted molar refractivity (Wildman–Crippen MR) is 109 cm³/mol. The Morgan fingerprint density at radius 2 is 1.93 bits per heavy atom. The first-order valence-electron chi connectivity index (χ1n) is 8.88. The van der Waals surface area contributed by atoms with Crippen LogP contribution in [0.4, 0.5) is 5.69 Å². The van der Waals surface area contributed by atoms with Gasteiger partial charge < -0.3 is 10.1 Å². The van der Waals surface area contributed by atoms with Crippen LogP contribution in [-0.2, 0) is 9.53 Å². The van der Waals surface area contributed by atoms with E-state index in [1.54, 1.807) is 32.9 Å². The average Bonchev–Trinajstić information content (AvgIpc) is 3.01. The van der Waals surface area contributed by atoms with Crippen molar-refractivity contribution in [3.8, 4) is 0 Å². The third-order valence-electron chi connectivity index (χ3n) is 4.45. The molecule has 8 heteroatoms. The molecule has 7 nitrogen and oxygen atoms in total. The SMILES string of the molecule is CCOC(=O)c1sc2ncn(C(C)C(=O)Nc3ccc(C)cc3)c(=O)c2c1C. The van der Waals surface area contributed by atoms with Crippen LogP contribution in [0.25, 0.3) is 10.2 Å². The molecule has 3 rings (SSSR count). The summed E-state index contributed by atoms with van der Waals surface area (Å²) in [7, 11) is 0. The number of aryl methyl sites for hydroxylation is 2. The summed E-state index contributed by atoms with van der Waals surface area (Å²) in [6.45, 7) is 7.25. The number of fused-ring (bicyclic) bond motifs is 1. The Kier molecular flexibility index (Phi) is 5.60. The number of hydrogen-bond donors (Lipinski definition) is 1. The molecule has 1 N–H and O–H groups in total. The average molecular weight is 399 g/mol. The minimum atomic E-state index is -0.768. The lowest BCUT2D eigenvalue weighted by atomic mass is 10.2. The second-order valence-corrected chi connectivity index (χ2v) is 7.44. The van der Waals surface area contributed by atoms with Gasteiger partial charge in [-0.1, -0.05) is 17.7 Å². The van der Waals surface area contributed by atoms with Gasteiger partial charge in [-0.25, -0.2) is 9.78 Å². The van der Waals surface area contributed by atoms with Gasteiger partial charge in [0.15, 0.2) is 0 Å². The number of carbonyl (C=O) groups excluding carboxylic acids is 2. The largest absolute Gasteiger partial charge is 0.462 e. The van der Waals surface area contributed by atoms with Crippen LogP contribution >= 0.6 is 11.3 Å². The fourth-order valence-electron chi connectivity index (χ4n) is 2.81. The third-order valence-corrected chi connectivity index (χ3v) is 5.63. The molecule has 0 saturated carbocycles. The Labute approximate surface area is 166 Å². The van der Waals surface area contributed by atoms with Crippen molar-refractivity contribution in [2.75, 3.05) is 11.9 Å². The summed E-state index contributed by atoms with van der Waals surface area (Å²) >= 11 is 1.12. The number of benzene rings is 1. The second-order valence-electron chi connectivity index (χ2n) is 6.45. The van der Waals surface area contributed by atoms with Crippen LogP contribution in [0.1, 0.15) is 40.7 Å². The molecular formula is C20H21N3O4S. The number of rotatable bonds is 5. The van der Waals surface area contributed by atoms with Gasteiger partial charge in [-0.15, -0.1) is 11.3 Å². The molecule has 0 bridgehead atoms. The van der Waals surface area contributed by atoms with Gasteiger partial charge in [0.1, 0.15) is 15.7 Å². The molecule has 3 aromatic rings. The van der Waals surface area contributed by atoms with Crippen LogP contribution in [0.3, 0.4) is 0 Å². The van der Waals surface area contributed by atoms with E-state index in [4.69, 9.17) is 4.74 Å². The van der Waals surface area contributed by atoms with E-state index in [1.807, 2.05) is 19.1 Å². The number of esters is 1. The van der Waals surface area contributed by atoms with Crippen LogP contribution in [0.5, 0.6) is 0 Å². The van der Waals surface area contributed by atoms with Crippen molar-refractivity contribution in [1.29, 1.82) is 0 Å². The topological polar surface area (TPSA) is 90.3 Å². The molecule has 0 fully saturated rings. The summed E-state index contributed by atoms with van der Waals surface area (Å²) in [4.78, 5) is 42.8. The maximum atomic E-state index is 13.0. The van der Waals surface area contributed by atoms with Gasteiger partial charge in [0.05, 0.1) is 18.3 Å². The van der Waals surface area contributed by atoms with E-state index < -0.39 is 12.0 Å². The zero-order valence-electron chi connectivity index (χ0n) is 16.1. The number of ether oxygens (including phenoxy) is 1. The molecule has 0 aliphatic heterocycles. The standard InChI is InChI=1S/C20H21N3O4S/c1-5-27-20(26)16-12(3)15-18(28-16)21-10-23(19(15)25)13(4)17(24)22-14-8-6-11(2)7-9-14/h6-10,13H,5H2,1-4H3,(H,22,24). The van der Waals surface area contributed by atoms with Crippen LogP contribution in [0.15, 0.2) is 35.4 Å². The highest BCUT2D eigenvalue weighted by molar-refractivity contribution is 7.20. The van der Waals surface area contributed by atoms with E-state index in [-0.39, 0.29) is 18.1 Å². The third kappa shape index (κ3) is 3.68. The highest BCUT2D eigenvalue weighted by Crippen LogP contribution is 2.28. The van der Waals surface area contributed by atoms with Crippen molar-refractivity contribution >= 4 is 39.1 Å². The van der Waals surface area contributed by atoms with Crippen molar-refractivity contribution in [3.63, 3.8) is 0 Å². The fourth-order valence-corrected chi connectivity index (χ4v) is 3.85. The van der Waals surface area contributed by atoms with Crippen LogP contribution in [0.2, 0.25) is 0 Å². The molecule has 0 radical (unpaired) electrons. The molecule has 0 spiro atoms. The lowest BCUT2D eigenvalue weighted by Gasteiger charge is -2.15. The molecule has 1 unspecified atom stereocenters. The van der Waals surface area contributed by atoms with Gasteiger partial charge in [-0.2, -0.15) is 0 Å². The zero-order chi connectivity index (χ0) is 20.4. The van der Waals surface area contributed by atoms with E-state index in [2.05, 4.69) is 10.3 Å². The van der Waals surface area contributed by atoms with E-state index in [0.29, 0.717) is 26.3 Å². The van der Waals surface area contributed by atoms with Gasteiger partial charge in [-0.05, 0) is 45.4 Å². The Morgan fingerprint density at radius 1 is 1.25 bits per heavy atom. The smallest absolute Gasteiger partial charge is 0.348 e. The molecule has 2 aromatic heterocycles. The van der Waals surface area contributed by atoms with E-state index in [0.717, 1.165) is 16.9 Å². The van der Waals surface area contributed by atoms with E-state index in [1.165, 1.54) is 10.9 Å². The summed E-state index contributed by atoms with van der Waals surface area (Å²) in [5, 5.41) is 3.14. The predicted octanol–water partition coefficient (Wildman–Crippen LogP) is 3.45. The Balaban J connectivity index is 1.94. The van der Waals surface area contributed by atoms with Gasteiger partial charge in [-0.3, -0.25) is 14.2 Å². The van der Waals surface area contributed by atoms with Gasteiger partial charge >= 0.3 is 5.97 Å². The van der Waals surface area contributed by atoms with E-state index >= 15 is 0 Å². The number of thiophene rings is 1. The first-order valence-corrected chi connectivity index (χ1v) is 9.70. The normalized spacial score (nSPS) is 12.0. The lowest BCUT2D eigenvalue weighted by molar-refractivity contribution is -0.118. The maximum Gasteiger partial charge on any atom is 0.348 e. The van der Waals surface area contributed by atoms with Crippen molar-refractivity contribution in [3.05, 3.63) is 57.0 Å². The first-order chi connectivity index (χ1) is 13.3. The number of anilines is 1. The number of nitrogens with zero attached hydrogens (tertiary/aromatic N) is 2. The lowest BCUT2D eigenvalue weighted by Crippen LogP contribution is -2.31. The summed E-state index contributed by atoms with van der Waals surface area (Å²) in [6, 6.07) is 6.63. The molecule has 28 heavy (non-hydrogen) atoms. The highest BCUT2D eigenvalue weighted by Gasteiger charge is 2.23. The summed E-state index contributed by atoms with van der Waals surface area (Å²) < 4.78 is 6.32. The maximum absolute atomic E-state index is 13.0. The number of aromatic nitrogens is 2. The summed E-state index contributed by atoms with van der Waals surface area (Å²) in [5.74, 6) is -0.801. The van der Waals surface area contributed by atoms with E-state index in [9.17, 15) is 14.4 Å². The number of nitrogens with one attached hydrogen (secondary N) is 1. The van der Waals surface area contributed by atoms with Crippen LogP contribution < -0.4 is 10.9 Å². The van der Waals surface area contributed by atoms with Gasteiger partial charge in [0.25, 0.3) is 5.56 Å². The van der Waals surface area contributed by atoms with Crippen molar-refractivity contribution in [2.45, 2.75) is 33.7 Å². The van der Waals surface area contributed by atoms with Gasteiger partial charge in [0, 0.05) is 5.69 Å². The zero-order valence-corrected chi connectivity index (χ0v) is 16.9. The Hall–Kier alpha value is -3.00. The van der Waals surface area contributed by atoms with Crippen molar-refractivity contribution in [2.24, 2.45) is 0 Å². The quantitative estimate of drug-likeness (QED) is 0.664. The first kappa shape index (κ1) is 19.8. The Morgan fingerprint density at radius 3 is 2.57 bits per heavy atom. The summed E-state index contributed by atoms with van der Waals surface area (Å²) in [5.41, 5.74) is 1.90. The molecule has 146 valence electrons. The number of carbonyl (C=O) groups is 2. The Bertz CT molecular complexity index is 1100. The molecule has 1 atom stereocenters. The second kappa shape index (κ2) is 7.93. The molecule has 1 aromatic carbocycles. The molecule has 0 aliphatic rings. The van der Waals surface area contributed by atoms with Crippen LogP contribution in [0, 0.1) is 13.8 Å². The molecule has 0 saturated heterocycles.